The van der Waals surface area contributed by atoms with Crippen molar-refractivity contribution < 1.29 is 0 Å². The lowest BCUT2D eigenvalue weighted by atomic mass is 10.3. The molecule has 0 saturated heterocycles. The molecule has 0 radical (unpaired) electrons. The summed E-state index contributed by atoms with van der Waals surface area (Å²) in [4.78, 5) is 4.72. The Bertz CT molecular complexity index is 541. The van der Waals surface area contributed by atoms with Gasteiger partial charge in [0.15, 0.2) is 0 Å². The quantitative estimate of drug-likeness (QED) is 0.559. The van der Waals surface area contributed by atoms with Crippen LogP contribution in [0.4, 0.5) is 0 Å². The summed E-state index contributed by atoms with van der Waals surface area (Å²) in [6.07, 6.45) is 2.97. The molecule has 0 aliphatic rings. The topological polar surface area (TPSA) is 17.8 Å². The third-order valence-electron chi connectivity index (χ3n) is 2.95. The second-order valence-corrected chi connectivity index (χ2v) is 7.16. The third kappa shape index (κ3) is 3.14. The Morgan fingerprint density at radius 2 is 2.28 bits per heavy atom. The van der Waals surface area contributed by atoms with Gasteiger partial charge < -0.3 is 4.57 Å². The lowest BCUT2D eigenvalue weighted by Crippen LogP contribution is -2.12. The average molecular weight is 395 g/mol. The Hall–Kier alpha value is 0.0600. The zero-order valence-corrected chi connectivity index (χ0v) is 14.2. The summed E-state index contributed by atoms with van der Waals surface area (Å²) in [6, 6.07) is 6.43. The average Bonchev–Trinajstić information content (AvgIpc) is 2.67. The van der Waals surface area contributed by atoms with E-state index in [0.29, 0.717) is 11.1 Å². The minimum atomic E-state index is 0.579. The van der Waals surface area contributed by atoms with Gasteiger partial charge >= 0.3 is 0 Å². The smallest absolute Gasteiger partial charge is 0.111 e. The van der Waals surface area contributed by atoms with Crippen molar-refractivity contribution in [1.82, 2.24) is 9.55 Å². The molecule has 5 heteroatoms. The molecule has 0 N–H and O–H groups in total. The Balaban J connectivity index is 2.48. The predicted octanol–water partition coefficient (Wildman–Crippen LogP) is 4.17. The number of aryl methyl sites for hydroxylation is 1. The summed E-state index contributed by atoms with van der Waals surface area (Å²) in [7, 11) is 0. The Labute approximate surface area is 131 Å². The van der Waals surface area contributed by atoms with Crippen molar-refractivity contribution in [3.05, 3.63) is 27.6 Å². The van der Waals surface area contributed by atoms with E-state index in [-0.39, 0.29) is 0 Å². The van der Waals surface area contributed by atoms with Crippen LogP contribution < -0.4 is 0 Å². The van der Waals surface area contributed by atoms with Gasteiger partial charge in [-0.15, -0.1) is 11.6 Å². The molecule has 1 heterocycles. The SMILES string of the molecule is CSC(C)Cn1c(CCCl)nc2cc(I)ccc21. The van der Waals surface area contributed by atoms with E-state index < -0.39 is 0 Å². The van der Waals surface area contributed by atoms with Gasteiger partial charge in [-0.1, -0.05) is 6.92 Å². The molecule has 1 aromatic carbocycles. The normalized spacial score (nSPS) is 13.1. The van der Waals surface area contributed by atoms with Crippen LogP contribution in [-0.4, -0.2) is 26.9 Å². The van der Waals surface area contributed by atoms with Crippen LogP contribution in [-0.2, 0) is 13.0 Å². The molecule has 2 nitrogen and oxygen atoms in total. The first-order valence-corrected chi connectivity index (χ1v) is 8.79. The van der Waals surface area contributed by atoms with Crippen molar-refractivity contribution in [3.8, 4) is 0 Å². The number of halogens is 2. The number of nitrogens with zero attached hydrogens (tertiary/aromatic N) is 2. The second-order valence-electron chi connectivity index (χ2n) is 4.26. The van der Waals surface area contributed by atoms with Crippen molar-refractivity contribution in [3.63, 3.8) is 0 Å². The first-order chi connectivity index (χ1) is 8.65. The summed E-state index contributed by atoms with van der Waals surface area (Å²) in [5, 5.41) is 0.579. The van der Waals surface area contributed by atoms with E-state index in [0.717, 1.165) is 24.3 Å². The van der Waals surface area contributed by atoms with Crippen LogP contribution in [0.3, 0.4) is 0 Å². The molecule has 0 amide bonds. The van der Waals surface area contributed by atoms with E-state index >= 15 is 0 Å². The van der Waals surface area contributed by atoms with Gasteiger partial charge in [-0.2, -0.15) is 11.8 Å². The van der Waals surface area contributed by atoms with Gasteiger partial charge in [0.2, 0.25) is 0 Å². The fraction of sp³-hybridized carbons (Fsp3) is 0.462. The highest BCUT2D eigenvalue weighted by molar-refractivity contribution is 14.1. The maximum absolute atomic E-state index is 5.88. The van der Waals surface area contributed by atoms with Gasteiger partial charge in [0.05, 0.1) is 11.0 Å². The van der Waals surface area contributed by atoms with Crippen molar-refractivity contribution in [1.29, 1.82) is 0 Å². The van der Waals surface area contributed by atoms with E-state index in [4.69, 9.17) is 16.6 Å². The number of aromatic nitrogens is 2. The third-order valence-corrected chi connectivity index (χ3v) is 4.76. The predicted molar refractivity (Wildman–Crippen MR) is 89.9 cm³/mol. The Morgan fingerprint density at radius 3 is 2.94 bits per heavy atom. The molecular formula is C13H16ClIN2S. The molecule has 2 aromatic rings. The number of benzene rings is 1. The highest BCUT2D eigenvalue weighted by Crippen LogP contribution is 2.21. The number of imidazole rings is 1. The molecule has 0 aliphatic heterocycles. The molecule has 1 unspecified atom stereocenters. The van der Waals surface area contributed by atoms with Crippen LogP contribution in [0.2, 0.25) is 0 Å². The summed E-state index contributed by atoms with van der Waals surface area (Å²) in [5.41, 5.74) is 2.30. The number of fused-ring (bicyclic) bond motifs is 1. The minimum Gasteiger partial charge on any atom is -0.327 e. The molecule has 18 heavy (non-hydrogen) atoms. The number of hydrogen-bond donors (Lipinski definition) is 0. The molecule has 2 rings (SSSR count). The zero-order chi connectivity index (χ0) is 13.1. The Morgan fingerprint density at radius 1 is 1.50 bits per heavy atom. The Kier molecular flexibility index (Phi) is 5.21. The number of alkyl halides is 1. The maximum atomic E-state index is 5.88. The van der Waals surface area contributed by atoms with Crippen molar-refractivity contribution >= 4 is 57.0 Å². The van der Waals surface area contributed by atoms with E-state index in [1.165, 1.54) is 9.09 Å². The number of rotatable bonds is 5. The van der Waals surface area contributed by atoms with Crippen LogP contribution in [0.1, 0.15) is 12.7 Å². The van der Waals surface area contributed by atoms with Gasteiger partial charge in [0.25, 0.3) is 0 Å². The van der Waals surface area contributed by atoms with Crippen LogP contribution in [0.25, 0.3) is 11.0 Å². The highest BCUT2D eigenvalue weighted by atomic mass is 127. The summed E-state index contributed by atoms with van der Waals surface area (Å²) in [6.45, 7) is 3.23. The summed E-state index contributed by atoms with van der Waals surface area (Å²) < 4.78 is 3.54. The van der Waals surface area contributed by atoms with E-state index in [1.54, 1.807) is 0 Å². The zero-order valence-electron chi connectivity index (χ0n) is 10.5. The monoisotopic (exact) mass is 394 g/mol. The van der Waals surface area contributed by atoms with Gasteiger partial charge in [-0.25, -0.2) is 4.98 Å². The van der Waals surface area contributed by atoms with Crippen LogP contribution in [0.5, 0.6) is 0 Å². The molecule has 98 valence electrons. The summed E-state index contributed by atoms with van der Waals surface area (Å²) in [5.74, 6) is 1.72. The van der Waals surface area contributed by atoms with Crippen LogP contribution in [0.15, 0.2) is 18.2 Å². The molecular weight excluding hydrogens is 379 g/mol. The number of hydrogen-bond acceptors (Lipinski definition) is 2. The van der Waals surface area contributed by atoms with Crippen molar-refractivity contribution in [2.75, 3.05) is 12.1 Å². The lowest BCUT2D eigenvalue weighted by molar-refractivity contribution is 0.672. The largest absolute Gasteiger partial charge is 0.327 e. The molecule has 0 saturated carbocycles. The lowest BCUT2D eigenvalue weighted by Gasteiger charge is -2.13. The number of thioether (sulfide) groups is 1. The minimum absolute atomic E-state index is 0.579. The van der Waals surface area contributed by atoms with E-state index in [9.17, 15) is 0 Å². The van der Waals surface area contributed by atoms with E-state index in [1.807, 2.05) is 11.8 Å². The molecule has 1 atom stereocenters. The van der Waals surface area contributed by atoms with Gasteiger partial charge in [0.1, 0.15) is 5.82 Å². The van der Waals surface area contributed by atoms with Gasteiger partial charge in [-0.05, 0) is 47.0 Å². The molecule has 0 aliphatic carbocycles. The molecule has 1 aromatic heterocycles. The van der Waals surface area contributed by atoms with Crippen molar-refractivity contribution in [2.45, 2.75) is 25.1 Å². The fourth-order valence-corrected chi connectivity index (χ4v) is 2.91. The van der Waals surface area contributed by atoms with Crippen molar-refractivity contribution in [2.24, 2.45) is 0 Å². The molecule has 0 spiro atoms. The molecule has 0 fully saturated rings. The van der Waals surface area contributed by atoms with Gasteiger partial charge in [0, 0.05) is 27.7 Å². The van der Waals surface area contributed by atoms with Crippen LogP contribution in [0, 0.1) is 3.57 Å². The van der Waals surface area contributed by atoms with Gasteiger partial charge in [-0.3, -0.25) is 0 Å². The van der Waals surface area contributed by atoms with E-state index in [2.05, 4.69) is 58.5 Å². The fourth-order valence-electron chi connectivity index (χ4n) is 1.96. The first-order valence-electron chi connectivity index (χ1n) is 5.89. The standard InChI is InChI=1S/C13H16ClIN2S/c1-9(18-2)8-17-12-4-3-10(15)7-11(12)16-13(17)5-6-14/h3-4,7,9H,5-6,8H2,1-2H3. The maximum Gasteiger partial charge on any atom is 0.111 e. The highest BCUT2D eigenvalue weighted by Gasteiger charge is 2.12. The molecule has 0 bridgehead atoms. The first kappa shape index (κ1) is 14.5. The second kappa shape index (κ2) is 6.48. The van der Waals surface area contributed by atoms with Crippen LogP contribution >= 0.6 is 46.0 Å². The summed E-state index contributed by atoms with van der Waals surface area (Å²) >= 11 is 10.1.